The first-order chi connectivity index (χ1) is 8.70. The molecule has 2 rings (SSSR count). The Hall–Kier alpha value is -0.540. The zero-order valence-electron chi connectivity index (χ0n) is 11.4. The van der Waals surface area contributed by atoms with Crippen LogP contribution in [-0.2, 0) is 6.54 Å². The third-order valence-electron chi connectivity index (χ3n) is 3.43. The number of anilines is 1. The number of halogens is 1. The minimum atomic E-state index is 0.922. The zero-order chi connectivity index (χ0) is 13.0. The molecule has 1 aliphatic carbocycles. The summed E-state index contributed by atoms with van der Waals surface area (Å²) in [5, 5.41) is 3.49. The van der Waals surface area contributed by atoms with Crippen molar-refractivity contribution in [2.45, 2.75) is 32.7 Å². The minimum Gasteiger partial charge on any atom is -0.374 e. The quantitative estimate of drug-likeness (QED) is 0.771. The van der Waals surface area contributed by atoms with Gasteiger partial charge in [-0.1, -0.05) is 28.9 Å². The lowest BCUT2D eigenvalue weighted by Crippen LogP contribution is -2.23. The molecule has 0 radical (unpaired) electrons. The molecule has 1 saturated carbocycles. The second-order valence-electron chi connectivity index (χ2n) is 5.27. The molecule has 0 spiro atoms. The standard InChI is InChI=1S/C15H23BrN2/c1-3-8-17-10-13-6-7-14(16)9-15(13)18(2)11-12-4-5-12/h6-7,9,12,17H,3-5,8,10-11H2,1-2H3. The molecule has 0 bridgehead atoms. The van der Waals surface area contributed by atoms with Crippen molar-refractivity contribution in [1.82, 2.24) is 5.32 Å². The normalized spacial score (nSPS) is 14.8. The van der Waals surface area contributed by atoms with Gasteiger partial charge in [0.1, 0.15) is 0 Å². The van der Waals surface area contributed by atoms with Crippen LogP contribution in [0.15, 0.2) is 22.7 Å². The van der Waals surface area contributed by atoms with E-state index >= 15 is 0 Å². The maximum absolute atomic E-state index is 3.58. The fourth-order valence-electron chi connectivity index (χ4n) is 2.23. The van der Waals surface area contributed by atoms with Gasteiger partial charge in [0.15, 0.2) is 0 Å². The first-order valence-electron chi connectivity index (χ1n) is 6.91. The lowest BCUT2D eigenvalue weighted by molar-refractivity contribution is 0.672. The Kier molecular flexibility index (Phi) is 5.07. The fourth-order valence-corrected chi connectivity index (χ4v) is 2.58. The molecule has 1 aliphatic rings. The van der Waals surface area contributed by atoms with Crippen molar-refractivity contribution in [3.63, 3.8) is 0 Å². The highest BCUT2D eigenvalue weighted by molar-refractivity contribution is 9.10. The largest absolute Gasteiger partial charge is 0.374 e. The summed E-state index contributed by atoms with van der Waals surface area (Å²) < 4.78 is 1.17. The number of nitrogens with one attached hydrogen (secondary N) is 1. The third-order valence-corrected chi connectivity index (χ3v) is 3.92. The first kappa shape index (κ1) is 13.9. The molecule has 0 atom stereocenters. The van der Waals surface area contributed by atoms with Crippen LogP contribution in [-0.4, -0.2) is 20.1 Å². The van der Waals surface area contributed by atoms with Crippen molar-refractivity contribution in [3.05, 3.63) is 28.2 Å². The highest BCUT2D eigenvalue weighted by Crippen LogP contribution is 2.32. The Morgan fingerprint density at radius 3 is 2.83 bits per heavy atom. The Balaban J connectivity index is 2.06. The highest BCUT2D eigenvalue weighted by atomic mass is 79.9. The zero-order valence-corrected chi connectivity index (χ0v) is 13.0. The molecule has 1 aromatic rings. The van der Waals surface area contributed by atoms with E-state index in [1.54, 1.807) is 0 Å². The molecule has 2 nitrogen and oxygen atoms in total. The van der Waals surface area contributed by atoms with Gasteiger partial charge in [-0.3, -0.25) is 0 Å². The summed E-state index contributed by atoms with van der Waals surface area (Å²) in [7, 11) is 2.21. The van der Waals surface area contributed by atoms with Crippen molar-refractivity contribution >= 4 is 21.6 Å². The van der Waals surface area contributed by atoms with E-state index in [4.69, 9.17) is 0 Å². The van der Waals surface area contributed by atoms with E-state index in [0.29, 0.717) is 0 Å². The van der Waals surface area contributed by atoms with Crippen LogP contribution in [0.5, 0.6) is 0 Å². The van der Waals surface area contributed by atoms with Gasteiger partial charge in [0.05, 0.1) is 0 Å². The Morgan fingerprint density at radius 1 is 1.39 bits per heavy atom. The van der Waals surface area contributed by atoms with E-state index < -0.39 is 0 Å². The van der Waals surface area contributed by atoms with Gasteiger partial charge >= 0.3 is 0 Å². The van der Waals surface area contributed by atoms with Crippen molar-refractivity contribution in [2.75, 3.05) is 25.0 Å². The van der Waals surface area contributed by atoms with E-state index in [1.807, 2.05) is 0 Å². The van der Waals surface area contributed by atoms with Gasteiger partial charge in [0, 0.05) is 30.3 Å². The summed E-state index contributed by atoms with van der Waals surface area (Å²) in [6.45, 7) is 5.44. The number of rotatable bonds is 7. The van der Waals surface area contributed by atoms with Crippen LogP contribution in [0, 0.1) is 5.92 Å². The van der Waals surface area contributed by atoms with Gasteiger partial charge < -0.3 is 10.2 Å². The molecule has 0 aromatic heterocycles. The van der Waals surface area contributed by atoms with Gasteiger partial charge in [0.25, 0.3) is 0 Å². The second-order valence-corrected chi connectivity index (χ2v) is 6.19. The van der Waals surface area contributed by atoms with Gasteiger partial charge in [-0.25, -0.2) is 0 Å². The summed E-state index contributed by atoms with van der Waals surface area (Å²) in [5.41, 5.74) is 2.76. The van der Waals surface area contributed by atoms with Crippen LogP contribution in [0.2, 0.25) is 0 Å². The summed E-state index contributed by atoms with van der Waals surface area (Å²) in [6.07, 6.45) is 3.99. The maximum atomic E-state index is 3.58. The summed E-state index contributed by atoms with van der Waals surface area (Å²) in [6, 6.07) is 6.61. The number of nitrogens with zero attached hydrogens (tertiary/aromatic N) is 1. The Labute approximate surface area is 119 Å². The smallest absolute Gasteiger partial charge is 0.0420 e. The average Bonchev–Trinajstić information content (AvgIpc) is 3.15. The summed E-state index contributed by atoms with van der Waals surface area (Å²) in [5.74, 6) is 0.922. The van der Waals surface area contributed by atoms with Crippen LogP contribution in [0.1, 0.15) is 31.7 Å². The molecular weight excluding hydrogens is 288 g/mol. The molecular formula is C15H23BrN2. The lowest BCUT2D eigenvalue weighted by Gasteiger charge is -2.23. The van der Waals surface area contributed by atoms with Crippen LogP contribution in [0.25, 0.3) is 0 Å². The monoisotopic (exact) mass is 310 g/mol. The molecule has 0 saturated heterocycles. The van der Waals surface area contributed by atoms with Crippen LogP contribution < -0.4 is 10.2 Å². The van der Waals surface area contributed by atoms with Gasteiger partial charge in [-0.15, -0.1) is 0 Å². The molecule has 0 unspecified atom stereocenters. The van der Waals surface area contributed by atoms with Crippen LogP contribution in [0.4, 0.5) is 5.69 Å². The molecule has 100 valence electrons. The number of hydrogen-bond acceptors (Lipinski definition) is 2. The van der Waals surface area contributed by atoms with Gasteiger partial charge in [0.2, 0.25) is 0 Å². The topological polar surface area (TPSA) is 15.3 Å². The number of benzene rings is 1. The molecule has 1 aromatic carbocycles. The second kappa shape index (κ2) is 6.58. The highest BCUT2D eigenvalue weighted by Gasteiger charge is 2.23. The third kappa shape index (κ3) is 3.99. The van der Waals surface area contributed by atoms with E-state index in [2.05, 4.69) is 58.3 Å². The average molecular weight is 311 g/mol. The molecule has 1 N–H and O–H groups in total. The van der Waals surface area contributed by atoms with E-state index in [9.17, 15) is 0 Å². The van der Waals surface area contributed by atoms with Crippen LogP contribution >= 0.6 is 15.9 Å². The lowest BCUT2D eigenvalue weighted by atomic mass is 10.1. The molecule has 0 aliphatic heterocycles. The predicted octanol–water partition coefficient (Wildman–Crippen LogP) is 3.79. The van der Waals surface area contributed by atoms with Crippen molar-refractivity contribution < 1.29 is 0 Å². The molecule has 1 fully saturated rings. The molecule has 0 heterocycles. The van der Waals surface area contributed by atoms with Crippen molar-refractivity contribution in [3.8, 4) is 0 Å². The summed E-state index contributed by atoms with van der Waals surface area (Å²) >= 11 is 3.58. The maximum Gasteiger partial charge on any atom is 0.0420 e. The Morgan fingerprint density at radius 2 is 2.17 bits per heavy atom. The van der Waals surface area contributed by atoms with Crippen molar-refractivity contribution in [2.24, 2.45) is 5.92 Å². The Bertz CT molecular complexity index is 388. The molecule has 3 heteroatoms. The minimum absolute atomic E-state index is 0.922. The summed E-state index contributed by atoms with van der Waals surface area (Å²) in [4.78, 5) is 2.41. The predicted molar refractivity (Wildman–Crippen MR) is 82.1 cm³/mol. The molecule has 18 heavy (non-hydrogen) atoms. The van der Waals surface area contributed by atoms with Crippen molar-refractivity contribution in [1.29, 1.82) is 0 Å². The van der Waals surface area contributed by atoms with Gasteiger partial charge in [-0.05, 0) is 49.4 Å². The molecule has 0 amide bonds. The number of hydrogen-bond donors (Lipinski definition) is 1. The van der Waals surface area contributed by atoms with Gasteiger partial charge in [-0.2, -0.15) is 0 Å². The van der Waals surface area contributed by atoms with E-state index in [0.717, 1.165) is 19.0 Å². The van der Waals surface area contributed by atoms with Crippen LogP contribution in [0.3, 0.4) is 0 Å². The van der Waals surface area contributed by atoms with E-state index in [1.165, 1.54) is 41.5 Å². The fraction of sp³-hybridized carbons (Fsp3) is 0.600. The van der Waals surface area contributed by atoms with E-state index in [-0.39, 0.29) is 0 Å². The first-order valence-corrected chi connectivity index (χ1v) is 7.70. The SMILES string of the molecule is CCCNCc1ccc(Br)cc1N(C)CC1CC1.